The number of aliphatic carboxylic acids is 1. The van der Waals surface area contributed by atoms with Crippen LogP contribution in [0.1, 0.15) is 32.6 Å². The van der Waals surface area contributed by atoms with E-state index in [1.54, 1.807) is 6.92 Å². The summed E-state index contributed by atoms with van der Waals surface area (Å²) in [6, 6.07) is -1.05. The van der Waals surface area contributed by atoms with E-state index in [-0.39, 0.29) is 6.04 Å². The number of rotatable bonds is 7. The van der Waals surface area contributed by atoms with E-state index in [0.29, 0.717) is 12.8 Å². The van der Waals surface area contributed by atoms with Gasteiger partial charge in [-0.15, -0.1) is 0 Å². The van der Waals surface area contributed by atoms with Crippen molar-refractivity contribution in [3.8, 4) is 0 Å². The largest absolute Gasteiger partial charge is 0.480 e. The summed E-state index contributed by atoms with van der Waals surface area (Å²) in [5.41, 5.74) is 0. The molecule has 0 radical (unpaired) electrons. The summed E-state index contributed by atoms with van der Waals surface area (Å²) in [7, 11) is -3.67. The van der Waals surface area contributed by atoms with Gasteiger partial charge in [-0.25, -0.2) is 0 Å². The van der Waals surface area contributed by atoms with Crippen molar-refractivity contribution in [1.82, 2.24) is 9.44 Å². The van der Waals surface area contributed by atoms with E-state index >= 15 is 0 Å². The molecule has 88 valence electrons. The van der Waals surface area contributed by atoms with Crippen molar-refractivity contribution in [2.45, 2.75) is 44.7 Å². The lowest BCUT2D eigenvalue weighted by Gasteiger charge is -2.13. The molecule has 0 spiro atoms. The van der Waals surface area contributed by atoms with Crippen LogP contribution in [0.3, 0.4) is 0 Å². The summed E-state index contributed by atoms with van der Waals surface area (Å²) in [4.78, 5) is 10.7. The monoisotopic (exact) mass is 236 g/mol. The van der Waals surface area contributed by atoms with Gasteiger partial charge in [0.25, 0.3) is 10.2 Å². The molecule has 1 aliphatic carbocycles. The highest BCUT2D eigenvalue weighted by Gasteiger charge is 2.29. The van der Waals surface area contributed by atoms with E-state index in [4.69, 9.17) is 5.11 Å². The van der Waals surface area contributed by atoms with Gasteiger partial charge in [-0.3, -0.25) is 4.79 Å². The van der Waals surface area contributed by atoms with Crippen LogP contribution in [0.4, 0.5) is 0 Å². The first-order chi connectivity index (χ1) is 6.94. The predicted molar refractivity (Wildman–Crippen MR) is 54.5 cm³/mol. The molecule has 3 N–H and O–H groups in total. The van der Waals surface area contributed by atoms with E-state index in [1.807, 2.05) is 0 Å². The molecule has 0 aliphatic heterocycles. The zero-order valence-electron chi connectivity index (χ0n) is 8.56. The SMILES string of the molecule is CCCC(NS(=O)(=O)NC1CC1)C(=O)O. The van der Waals surface area contributed by atoms with Crippen LogP contribution in [0.2, 0.25) is 0 Å². The van der Waals surface area contributed by atoms with Gasteiger partial charge >= 0.3 is 5.97 Å². The molecule has 1 aliphatic rings. The topological polar surface area (TPSA) is 95.5 Å². The summed E-state index contributed by atoms with van der Waals surface area (Å²) in [6.07, 6.45) is 2.56. The molecule has 6 nitrogen and oxygen atoms in total. The third-order valence-corrected chi connectivity index (χ3v) is 3.31. The predicted octanol–water partition coefficient (Wildman–Crippen LogP) is -0.174. The minimum Gasteiger partial charge on any atom is -0.480 e. The highest BCUT2D eigenvalue weighted by molar-refractivity contribution is 7.87. The highest BCUT2D eigenvalue weighted by atomic mass is 32.2. The standard InChI is InChI=1S/C8H16N2O4S/c1-2-3-7(8(11)12)10-15(13,14)9-6-4-5-6/h6-7,9-10H,2-5H2,1H3,(H,11,12). The van der Waals surface area contributed by atoms with Crippen molar-refractivity contribution in [2.75, 3.05) is 0 Å². The van der Waals surface area contributed by atoms with Crippen molar-refractivity contribution >= 4 is 16.2 Å². The molecule has 1 fully saturated rings. The molecule has 7 heteroatoms. The fourth-order valence-corrected chi connectivity index (χ4v) is 2.50. The molecule has 0 heterocycles. The van der Waals surface area contributed by atoms with E-state index in [9.17, 15) is 13.2 Å². The van der Waals surface area contributed by atoms with Crippen LogP contribution in [-0.4, -0.2) is 31.6 Å². The number of hydrogen-bond acceptors (Lipinski definition) is 3. The van der Waals surface area contributed by atoms with Crippen molar-refractivity contribution < 1.29 is 18.3 Å². The maximum absolute atomic E-state index is 11.4. The maximum atomic E-state index is 11.4. The minimum absolute atomic E-state index is 0.0152. The van der Waals surface area contributed by atoms with Gasteiger partial charge in [-0.1, -0.05) is 13.3 Å². The average molecular weight is 236 g/mol. The van der Waals surface area contributed by atoms with Crippen molar-refractivity contribution in [2.24, 2.45) is 0 Å². The lowest BCUT2D eigenvalue weighted by molar-refractivity contribution is -0.139. The molecule has 0 aromatic rings. The maximum Gasteiger partial charge on any atom is 0.321 e. The Morgan fingerprint density at radius 3 is 2.53 bits per heavy atom. The summed E-state index contributed by atoms with van der Waals surface area (Å²) in [5, 5.41) is 8.76. The van der Waals surface area contributed by atoms with Gasteiger partial charge in [0.2, 0.25) is 0 Å². The molecule has 1 saturated carbocycles. The molecule has 1 rings (SSSR count). The quantitative estimate of drug-likeness (QED) is 0.571. The molecular formula is C8H16N2O4S. The Morgan fingerprint density at radius 1 is 1.53 bits per heavy atom. The van der Waals surface area contributed by atoms with E-state index in [0.717, 1.165) is 12.8 Å². The van der Waals surface area contributed by atoms with Gasteiger partial charge in [0.1, 0.15) is 6.04 Å². The Bertz CT molecular complexity index is 324. The molecule has 1 atom stereocenters. The third kappa shape index (κ3) is 4.59. The number of carbonyl (C=O) groups is 1. The highest BCUT2D eigenvalue weighted by Crippen LogP contribution is 2.19. The zero-order valence-corrected chi connectivity index (χ0v) is 9.38. The number of hydrogen-bond donors (Lipinski definition) is 3. The van der Waals surface area contributed by atoms with Crippen LogP contribution in [0.5, 0.6) is 0 Å². The number of carboxylic acid groups (broad SMARTS) is 1. The molecule has 15 heavy (non-hydrogen) atoms. The molecule has 0 aromatic heterocycles. The van der Waals surface area contributed by atoms with Crippen molar-refractivity contribution in [3.63, 3.8) is 0 Å². The first-order valence-corrected chi connectivity index (χ1v) is 6.45. The smallest absolute Gasteiger partial charge is 0.321 e. The minimum atomic E-state index is -3.67. The van der Waals surface area contributed by atoms with Gasteiger partial charge in [0.05, 0.1) is 0 Å². The third-order valence-electron chi connectivity index (χ3n) is 2.07. The second kappa shape index (κ2) is 4.91. The lowest BCUT2D eigenvalue weighted by atomic mass is 10.2. The second-order valence-electron chi connectivity index (χ2n) is 3.69. The molecule has 1 unspecified atom stereocenters. The van der Waals surface area contributed by atoms with E-state index < -0.39 is 22.2 Å². The van der Waals surface area contributed by atoms with Crippen LogP contribution in [-0.2, 0) is 15.0 Å². The number of nitrogens with one attached hydrogen (secondary N) is 2. The second-order valence-corrected chi connectivity index (χ2v) is 5.17. The van der Waals surface area contributed by atoms with E-state index in [1.165, 1.54) is 0 Å². The van der Waals surface area contributed by atoms with Gasteiger partial charge in [-0.2, -0.15) is 17.9 Å². The molecule has 0 aromatic carbocycles. The van der Waals surface area contributed by atoms with Gasteiger partial charge in [0.15, 0.2) is 0 Å². The molecular weight excluding hydrogens is 220 g/mol. The normalized spacial score (nSPS) is 18.7. The Labute approximate surface area is 89.2 Å². The average Bonchev–Trinajstić information content (AvgIpc) is 2.86. The van der Waals surface area contributed by atoms with Gasteiger partial charge < -0.3 is 5.11 Å². The van der Waals surface area contributed by atoms with E-state index in [2.05, 4.69) is 9.44 Å². The number of carboxylic acids is 1. The van der Waals surface area contributed by atoms with Gasteiger partial charge in [-0.05, 0) is 19.3 Å². The van der Waals surface area contributed by atoms with Crippen molar-refractivity contribution in [3.05, 3.63) is 0 Å². The van der Waals surface area contributed by atoms with Crippen LogP contribution >= 0.6 is 0 Å². The fraction of sp³-hybridized carbons (Fsp3) is 0.875. The summed E-state index contributed by atoms with van der Waals surface area (Å²) < 4.78 is 27.3. The van der Waals surface area contributed by atoms with Gasteiger partial charge in [0, 0.05) is 6.04 Å². The first-order valence-electron chi connectivity index (χ1n) is 4.97. The molecule has 0 saturated heterocycles. The summed E-state index contributed by atoms with van der Waals surface area (Å²) >= 11 is 0. The van der Waals surface area contributed by atoms with Crippen molar-refractivity contribution in [1.29, 1.82) is 0 Å². The Hall–Kier alpha value is -0.660. The Balaban J connectivity index is 2.51. The Kier molecular flexibility index (Phi) is 4.06. The molecule has 0 bridgehead atoms. The first kappa shape index (κ1) is 12.4. The fourth-order valence-electron chi connectivity index (χ4n) is 1.16. The Morgan fingerprint density at radius 2 is 2.13 bits per heavy atom. The van der Waals surface area contributed by atoms with Crippen LogP contribution in [0.15, 0.2) is 0 Å². The zero-order chi connectivity index (χ0) is 11.5. The molecule has 0 amide bonds. The van der Waals surface area contributed by atoms with Crippen LogP contribution < -0.4 is 9.44 Å². The van der Waals surface area contributed by atoms with Crippen LogP contribution in [0, 0.1) is 0 Å². The lowest BCUT2D eigenvalue weighted by Crippen LogP contribution is -2.46. The van der Waals surface area contributed by atoms with Crippen LogP contribution in [0.25, 0.3) is 0 Å². The summed E-state index contributed by atoms with van der Waals surface area (Å²) in [5.74, 6) is -1.14. The summed E-state index contributed by atoms with van der Waals surface area (Å²) in [6.45, 7) is 1.80.